The molecule has 0 radical (unpaired) electrons. The minimum atomic E-state index is -0.337. The quantitative estimate of drug-likeness (QED) is 0.748. The van der Waals surface area contributed by atoms with E-state index in [0.717, 1.165) is 41.6 Å². The zero-order valence-electron chi connectivity index (χ0n) is 14.0. The second kappa shape index (κ2) is 10.1. The fraction of sp³-hybridized carbons (Fsp3) is 0.316. The van der Waals surface area contributed by atoms with E-state index in [1.807, 2.05) is 36.5 Å². The molecule has 1 aromatic heterocycles. The van der Waals surface area contributed by atoms with Crippen LogP contribution in [0, 0.1) is 0 Å². The molecule has 2 amide bonds. The van der Waals surface area contributed by atoms with Crippen LogP contribution in [0.5, 0.6) is 5.75 Å². The van der Waals surface area contributed by atoms with Gasteiger partial charge in [-0.2, -0.15) is 0 Å². The first-order chi connectivity index (χ1) is 12.1. The van der Waals surface area contributed by atoms with Crippen LogP contribution < -0.4 is 10.1 Å². The average Bonchev–Trinajstić information content (AvgIpc) is 2.94. The van der Waals surface area contributed by atoms with E-state index in [0.29, 0.717) is 13.0 Å². The zero-order chi connectivity index (χ0) is 17.6. The number of aryl methyl sites for hydroxylation is 1. The number of amides is 2. The van der Waals surface area contributed by atoms with E-state index in [-0.39, 0.29) is 46.0 Å². The van der Waals surface area contributed by atoms with Gasteiger partial charge in [-0.3, -0.25) is 19.9 Å². The molecule has 2 aromatic rings. The van der Waals surface area contributed by atoms with Crippen LogP contribution in [0.3, 0.4) is 0 Å². The van der Waals surface area contributed by atoms with Gasteiger partial charge in [0.15, 0.2) is 0 Å². The summed E-state index contributed by atoms with van der Waals surface area (Å²) in [5, 5.41) is 1.70. The van der Waals surface area contributed by atoms with Gasteiger partial charge in [-0.05, 0) is 42.2 Å². The summed E-state index contributed by atoms with van der Waals surface area (Å²) in [5.74, 6) is 0.574. The second-order valence-electron chi connectivity index (χ2n) is 5.84. The number of nitrogens with zero attached hydrogens (tertiary/aromatic N) is 1. The molecular weight excluding hydrogens is 359 g/mol. The molecule has 26 heavy (non-hydrogen) atoms. The molecule has 0 saturated carbocycles. The molecule has 0 spiro atoms. The van der Waals surface area contributed by atoms with Crippen molar-refractivity contribution < 1.29 is 14.3 Å². The van der Waals surface area contributed by atoms with Crippen LogP contribution in [-0.2, 0) is 24.1 Å². The Balaban J connectivity index is 0.00000243. The Labute approximate surface area is 179 Å². The number of hydrogen-bond donors (Lipinski definition) is 1. The molecule has 0 bridgehead atoms. The van der Waals surface area contributed by atoms with Crippen LogP contribution in [0.15, 0.2) is 42.6 Å². The Morgan fingerprint density at radius 1 is 1.12 bits per heavy atom. The summed E-state index contributed by atoms with van der Waals surface area (Å²) in [6.07, 6.45) is 4.19. The number of aromatic nitrogens is 1. The first-order valence-electron chi connectivity index (χ1n) is 8.31. The number of ether oxygens (including phenoxy) is 1. The molecule has 1 aliphatic heterocycles. The Kier molecular flexibility index (Phi) is 8.15. The van der Waals surface area contributed by atoms with Crippen molar-refractivity contribution in [2.45, 2.75) is 31.4 Å². The predicted molar refractivity (Wildman–Crippen MR) is 105 cm³/mol. The molecule has 5 nitrogen and oxygen atoms in total. The van der Waals surface area contributed by atoms with Gasteiger partial charge in [0, 0.05) is 18.3 Å². The van der Waals surface area contributed by atoms with Gasteiger partial charge in [0.2, 0.25) is 5.91 Å². The van der Waals surface area contributed by atoms with Crippen molar-refractivity contribution in [2.75, 3.05) is 6.61 Å². The topological polar surface area (TPSA) is 68.3 Å². The van der Waals surface area contributed by atoms with Gasteiger partial charge in [-0.15, -0.1) is 0 Å². The number of rotatable bonds is 7. The van der Waals surface area contributed by atoms with Gasteiger partial charge in [0.1, 0.15) is 5.75 Å². The van der Waals surface area contributed by atoms with Gasteiger partial charge >= 0.3 is 29.6 Å². The fourth-order valence-corrected chi connectivity index (χ4v) is 3.41. The summed E-state index contributed by atoms with van der Waals surface area (Å²) in [4.78, 5) is 27.2. The Hall–Kier alpha value is -1.34. The van der Waals surface area contributed by atoms with Gasteiger partial charge < -0.3 is 4.74 Å². The van der Waals surface area contributed by atoms with Crippen LogP contribution in [-0.4, -0.2) is 57.5 Å². The third-order valence-corrected chi connectivity index (χ3v) is 5.01. The number of imide groups is 1. The van der Waals surface area contributed by atoms with Crippen LogP contribution in [0.25, 0.3) is 0 Å². The number of nitrogens with one attached hydrogen (secondary N) is 1. The van der Waals surface area contributed by atoms with Gasteiger partial charge in [-0.1, -0.05) is 36.9 Å². The summed E-state index contributed by atoms with van der Waals surface area (Å²) in [6, 6.07) is 11.8. The van der Waals surface area contributed by atoms with Crippen molar-refractivity contribution in [3.05, 3.63) is 59.4 Å². The van der Waals surface area contributed by atoms with Crippen LogP contribution in [0.2, 0.25) is 0 Å². The number of carbonyl (C=O) groups is 2. The molecule has 132 valence electrons. The number of benzene rings is 1. The van der Waals surface area contributed by atoms with E-state index in [9.17, 15) is 9.59 Å². The standard InChI is InChI=1S/C19H20N2O3S.Na.H/c1-2-13-3-6-15(20-12-13)9-10-24-16-7-4-14(5-8-16)11-17-18(22)21-19(23)25-17;;/h3-8,12,17H,2,9-11H2,1H3,(H,21,22,23);;. The first kappa shape index (κ1) is 21.0. The van der Waals surface area contributed by atoms with Crippen LogP contribution in [0.1, 0.15) is 23.7 Å². The van der Waals surface area contributed by atoms with E-state index >= 15 is 0 Å². The maximum absolute atomic E-state index is 11.6. The predicted octanol–water partition coefficient (Wildman–Crippen LogP) is 2.51. The minimum absolute atomic E-state index is 0. The van der Waals surface area contributed by atoms with E-state index < -0.39 is 0 Å². The molecule has 1 unspecified atom stereocenters. The third-order valence-electron chi connectivity index (χ3n) is 4.03. The zero-order valence-corrected chi connectivity index (χ0v) is 14.8. The van der Waals surface area contributed by atoms with E-state index in [2.05, 4.69) is 23.3 Å². The molecule has 1 fully saturated rings. The molecule has 3 rings (SSSR count). The molecule has 7 heteroatoms. The Bertz CT molecular complexity index is 750. The molecule has 1 N–H and O–H groups in total. The van der Waals surface area contributed by atoms with Crippen molar-refractivity contribution in [3.8, 4) is 5.75 Å². The normalized spacial score (nSPS) is 16.1. The molecule has 2 heterocycles. The van der Waals surface area contributed by atoms with E-state index in [1.54, 1.807) is 0 Å². The summed E-state index contributed by atoms with van der Waals surface area (Å²) in [6.45, 7) is 2.67. The average molecular weight is 380 g/mol. The van der Waals surface area contributed by atoms with Crippen LogP contribution >= 0.6 is 11.8 Å². The Morgan fingerprint density at radius 3 is 2.42 bits per heavy atom. The van der Waals surface area contributed by atoms with Gasteiger partial charge in [0.05, 0.1) is 11.9 Å². The summed E-state index contributed by atoms with van der Waals surface area (Å²) in [5.41, 5.74) is 3.25. The van der Waals surface area contributed by atoms with Crippen molar-refractivity contribution in [3.63, 3.8) is 0 Å². The van der Waals surface area contributed by atoms with Gasteiger partial charge in [-0.25, -0.2) is 0 Å². The molecule has 0 aliphatic carbocycles. The molecular formula is C19H21N2NaO3S. The summed E-state index contributed by atoms with van der Waals surface area (Å²) >= 11 is 1.05. The second-order valence-corrected chi connectivity index (χ2v) is 7.02. The molecule has 1 aromatic carbocycles. The van der Waals surface area contributed by atoms with Crippen molar-refractivity contribution >= 4 is 52.5 Å². The number of hydrogen-bond acceptors (Lipinski definition) is 5. The first-order valence-corrected chi connectivity index (χ1v) is 9.19. The van der Waals surface area contributed by atoms with Crippen molar-refractivity contribution in [1.82, 2.24) is 10.3 Å². The van der Waals surface area contributed by atoms with Gasteiger partial charge in [0.25, 0.3) is 5.24 Å². The molecule has 1 aliphatic rings. The van der Waals surface area contributed by atoms with E-state index in [4.69, 9.17) is 4.74 Å². The third kappa shape index (κ3) is 5.84. The number of carbonyl (C=O) groups excluding carboxylic acids is 2. The van der Waals surface area contributed by atoms with E-state index in [1.165, 1.54) is 5.56 Å². The summed E-state index contributed by atoms with van der Waals surface area (Å²) < 4.78 is 5.75. The van der Waals surface area contributed by atoms with Crippen molar-refractivity contribution in [2.24, 2.45) is 0 Å². The Morgan fingerprint density at radius 2 is 1.85 bits per heavy atom. The molecule has 1 atom stereocenters. The number of thioether (sulfide) groups is 1. The number of pyridine rings is 1. The monoisotopic (exact) mass is 380 g/mol. The summed E-state index contributed by atoms with van der Waals surface area (Å²) in [7, 11) is 0. The SMILES string of the molecule is CCc1ccc(CCOc2ccc(CC3SC(=O)NC3=O)cc2)nc1.[NaH]. The maximum atomic E-state index is 11.6. The van der Waals surface area contributed by atoms with Crippen LogP contribution in [0.4, 0.5) is 4.79 Å². The van der Waals surface area contributed by atoms with Crippen molar-refractivity contribution in [1.29, 1.82) is 0 Å². The molecule has 1 saturated heterocycles. The fourth-order valence-electron chi connectivity index (χ4n) is 2.55.